The molecule has 1 heterocycles. The normalized spacial score (nSPS) is 12.9. The lowest BCUT2D eigenvalue weighted by molar-refractivity contribution is 1.77. The third-order valence-electron chi connectivity index (χ3n) is 3.54. The third kappa shape index (κ3) is 1.20. The molecule has 0 unspecified atom stereocenters. The summed E-state index contributed by atoms with van der Waals surface area (Å²) in [6.07, 6.45) is 2.17. The summed E-state index contributed by atoms with van der Waals surface area (Å²) < 4.78 is 0. The highest BCUT2D eigenvalue weighted by molar-refractivity contribution is 6.66. The standard InChI is InChI=1S/C16H10B/c1-2-4-13-11(3-1)5-8-15-14(13)7-6-12-9-10-17-16(12)15/h1-10H. The van der Waals surface area contributed by atoms with E-state index >= 15 is 0 Å². The van der Waals surface area contributed by atoms with E-state index in [1.165, 1.54) is 32.6 Å². The highest BCUT2D eigenvalue weighted by Crippen LogP contribution is 2.26. The Morgan fingerprint density at radius 1 is 0.706 bits per heavy atom. The monoisotopic (exact) mass is 213 g/mol. The zero-order valence-corrected chi connectivity index (χ0v) is 9.35. The van der Waals surface area contributed by atoms with Crippen LogP contribution in [0.3, 0.4) is 0 Å². The van der Waals surface area contributed by atoms with Crippen LogP contribution in [-0.2, 0) is 0 Å². The van der Waals surface area contributed by atoms with E-state index in [0.717, 1.165) is 0 Å². The second-order valence-corrected chi connectivity index (χ2v) is 4.48. The van der Waals surface area contributed by atoms with Gasteiger partial charge >= 0.3 is 0 Å². The summed E-state index contributed by atoms with van der Waals surface area (Å²) in [5, 5.41) is 5.35. The maximum atomic E-state index is 2.24. The van der Waals surface area contributed by atoms with Gasteiger partial charge in [-0.15, -0.1) is 5.98 Å². The molecule has 1 radical (unpaired) electrons. The van der Waals surface area contributed by atoms with Crippen LogP contribution in [-0.4, -0.2) is 7.28 Å². The molecule has 0 saturated carbocycles. The van der Waals surface area contributed by atoms with Crippen molar-refractivity contribution in [2.45, 2.75) is 0 Å². The topological polar surface area (TPSA) is 0 Å². The highest BCUT2D eigenvalue weighted by atomic mass is 14.1. The number of rotatable bonds is 0. The van der Waals surface area contributed by atoms with Gasteiger partial charge in [-0.25, -0.2) is 0 Å². The largest absolute Gasteiger partial charge is 0.182 e. The summed E-state index contributed by atoms with van der Waals surface area (Å²) in [5.74, 6) is 2.12. The molecule has 17 heavy (non-hydrogen) atoms. The molecule has 1 aliphatic rings. The summed E-state index contributed by atoms with van der Waals surface area (Å²) in [5.41, 5.74) is 2.68. The molecule has 4 rings (SSSR count). The first-order valence-electron chi connectivity index (χ1n) is 5.89. The van der Waals surface area contributed by atoms with E-state index in [-0.39, 0.29) is 0 Å². The van der Waals surface area contributed by atoms with Crippen LogP contribution in [0.1, 0.15) is 5.56 Å². The van der Waals surface area contributed by atoms with E-state index in [2.05, 4.69) is 67.9 Å². The Morgan fingerprint density at radius 2 is 1.59 bits per heavy atom. The van der Waals surface area contributed by atoms with Crippen LogP contribution >= 0.6 is 0 Å². The molecule has 0 aromatic heterocycles. The van der Waals surface area contributed by atoms with Crippen LogP contribution in [0.2, 0.25) is 0 Å². The zero-order valence-electron chi connectivity index (χ0n) is 9.35. The molecular weight excluding hydrogens is 203 g/mol. The van der Waals surface area contributed by atoms with Gasteiger partial charge in [-0.3, -0.25) is 0 Å². The Hall–Kier alpha value is -2.02. The number of hydrogen-bond donors (Lipinski definition) is 0. The minimum Gasteiger partial charge on any atom is -0.116 e. The van der Waals surface area contributed by atoms with E-state index in [4.69, 9.17) is 0 Å². The first-order chi connectivity index (χ1) is 8.43. The Labute approximate surface area is 101 Å². The molecule has 3 aromatic rings. The molecule has 1 aliphatic heterocycles. The van der Waals surface area contributed by atoms with Crippen LogP contribution < -0.4 is 5.46 Å². The molecule has 0 spiro atoms. The minimum absolute atomic E-state index is 1.31. The SMILES string of the molecule is [B]1C=Cc2ccc3c(ccc4ccccc43)c21. The van der Waals surface area contributed by atoms with Crippen LogP contribution in [0.5, 0.6) is 0 Å². The predicted molar refractivity (Wildman–Crippen MR) is 75.9 cm³/mol. The number of hydrogen-bond acceptors (Lipinski definition) is 0. The van der Waals surface area contributed by atoms with Crippen molar-refractivity contribution in [3.63, 3.8) is 0 Å². The molecule has 0 atom stereocenters. The van der Waals surface area contributed by atoms with Gasteiger partial charge in [0.25, 0.3) is 0 Å². The Balaban J connectivity index is 2.23. The second kappa shape index (κ2) is 3.24. The van der Waals surface area contributed by atoms with Gasteiger partial charge in [0.15, 0.2) is 7.28 Å². The van der Waals surface area contributed by atoms with Crippen molar-refractivity contribution in [3.8, 4) is 0 Å². The molecule has 1 heteroatoms. The molecule has 0 fully saturated rings. The molecule has 0 saturated heterocycles. The van der Waals surface area contributed by atoms with E-state index in [1.807, 2.05) is 0 Å². The van der Waals surface area contributed by atoms with Crippen molar-refractivity contribution in [3.05, 3.63) is 60.1 Å². The van der Waals surface area contributed by atoms with Gasteiger partial charge < -0.3 is 0 Å². The summed E-state index contributed by atoms with van der Waals surface area (Å²) in [6.45, 7) is 0. The molecule has 0 N–H and O–H groups in total. The van der Waals surface area contributed by atoms with Crippen molar-refractivity contribution in [2.75, 3.05) is 0 Å². The van der Waals surface area contributed by atoms with E-state index in [1.54, 1.807) is 0 Å². The number of benzene rings is 3. The van der Waals surface area contributed by atoms with E-state index in [9.17, 15) is 0 Å². The minimum atomic E-state index is 1.31. The van der Waals surface area contributed by atoms with E-state index in [0.29, 0.717) is 0 Å². The first-order valence-corrected chi connectivity index (χ1v) is 5.89. The van der Waals surface area contributed by atoms with Crippen LogP contribution in [0.4, 0.5) is 0 Å². The van der Waals surface area contributed by atoms with Gasteiger partial charge in [0.1, 0.15) is 0 Å². The van der Waals surface area contributed by atoms with Gasteiger partial charge in [-0.05, 0) is 27.1 Å². The molecular formula is C16H10B. The van der Waals surface area contributed by atoms with Gasteiger partial charge in [0.2, 0.25) is 0 Å². The van der Waals surface area contributed by atoms with Gasteiger partial charge in [0.05, 0.1) is 0 Å². The average Bonchev–Trinajstić information content (AvgIpc) is 2.86. The van der Waals surface area contributed by atoms with Gasteiger partial charge in [-0.1, -0.05) is 60.1 Å². The van der Waals surface area contributed by atoms with Gasteiger partial charge in [0, 0.05) is 0 Å². The predicted octanol–water partition coefficient (Wildman–Crippen LogP) is 3.31. The van der Waals surface area contributed by atoms with Crippen molar-refractivity contribution in [2.24, 2.45) is 0 Å². The Bertz CT molecular complexity index is 769. The average molecular weight is 213 g/mol. The summed E-state index contributed by atoms with van der Waals surface area (Å²) in [6, 6.07) is 17.5. The lowest BCUT2D eigenvalue weighted by atomic mass is 9.71. The molecule has 0 aliphatic carbocycles. The third-order valence-corrected chi connectivity index (χ3v) is 3.54. The van der Waals surface area contributed by atoms with Crippen LogP contribution in [0.25, 0.3) is 27.6 Å². The summed E-state index contributed by atoms with van der Waals surface area (Å²) in [4.78, 5) is 0. The highest BCUT2D eigenvalue weighted by Gasteiger charge is 2.11. The fraction of sp³-hybridized carbons (Fsp3) is 0. The van der Waals surface area contributed by atoms with Crippen molar-refractivity contribution in [1.82, 2.24) is 0 Å². The quantitative estimate of drug-likeness (QED) is 0.397. The van der Waals surface area contributed by atoms with Crippen LogP contribution in [0.15, 0.2) is 54.5 Å². The molecule has 0 bridgehead atoms. The molecule has 0 amide bonds. The number of fused-ring (bicyclic) bond motifs is 5. The lowest BCUT2D eigenvalue weighted by Gasteiger charge is -2.08. The second-order valence-electron chi connectivity index (χ2n) is 4.48. The van der Waals surface area contributed by atoms with Crippen LogP contribution in [0, 0.1) is 0 Å². The van der Waals surface area contributed by atoms with Gasteiger partial charge in [-0.2, -0.15) is 0 Å². The van der Waals surface area contributed by atoms with Crippen molar-refractivity contribution < 1.29 is 0 Å². The summed E-state index contributed by atoms with van der Waals surface area (Å²) in [7, 11) is 2.20. The zero-order chi connectivity index (χ0) is 11.2. The Kier molecular flexibility index (Phi) is 1.73. The molecule has 3 aromatic carbocycles. The molecule has 77 valence electrons. The lowest BCUT2D eigenvalue weighted by Crippen LogP contribution is -2.12. The smallest absolute Gasteiger partial charge is 0.116 e. The fourth-order valence-corrected chi connectivity index (χ4v) is 2.71. The molecule has 0 nitrogen and oxygen atoms in total. The van der Waals surface area contributed by atoms with E-state index < -0.39 is 0 Å². The first kappa shape index (κ1) is 9.06. The fourth-order valence-electron chi connectivity index (χ4n) is 2.71. The Morgan fingerprint density at radius 3 is 2.59 bits per heavy atom. The maximum absolute atomic E-state index is 2.24. The maximum Gasteiger partial charge on any atom is 0.182 e. The summed E-state index contributed by atoms with van der Waals surface area (Å²) >= 11 is 0. The van der Waals surface area contributed by atoms with Crippen molar-refractivity contribution >= 4 is 40.4 Å². The van der Waals surface area contributed by atoms with Crippen molar-refractivity contribution in [1.29, 1.82) is 0 Å².